The predicted octanol–water partition coefficient (Wildman–Crippen LogP) is 14.3. The molecule has 0 N–H and O–H groups in total. The molecule has 0 saturated heterocycles. The number of para-hydroxylation sites is 1. The molecule has 0 radical (unpaired) electrons. The number of nitrogens with zero attached hydrogens (tertiary/aromatic N) is 2. The maximum absolute atomic E-state index is 6.19. The zero-order valence-electron chi connectivity index (χ0n) is 38.1. The van der Waals surface area contributed by atoms with Crippen molar-refractivity contribution in [2.75, 3.05) is 9.80 Å². The first-order chi connectivity index (χ1) is 29.5. The fourth-order valence-corrected chi connectivity index (χ4v) is 10.8. The van der Waals surface area contributed by atoms with Gasteiger partial charge in [0, 0.05) is 44.9 Å². The highest BCUT2D eigenvalue weighted by molar-refractivity contribution is 7.00. The second kappa shape index (κ2) is 13.3. The van der Waals surface area contributed by atoms with Crippen molar-refractivity contribution in [3.63, 3.8) is 0 Å². The predicted molar refractivity (Wildman–Crippen MR) is 266 cm³/mol. The molecule has 308 valence electrons. The Hall–Kier alpha value is -6.00. The molecule has 11 rings (SSSR count). The minimum Gasteiger partial charge on any atom is -0.456 e. The van der Waals surface area contributed by atoms with Crippen LogP contribution in [-0.4, -0.2) is 6.71 Å². The third kappa shape index (κ3) is 5.93. The van der Waals surface area contributed by atoms with E-state index in [4.69, 9.17) is 4.42 Å². The Labute approximate surface area is 368 Å². The molecule has 0 saturated carbocycles. The number of hydrogen-bond donors (Lipinski definition) is 0. The lowest BCUT2D eigenvalue weighted by atomic mass is 9.33. The average molecular weight is 809 g/mol. The molecule has 4 heteroatoms. The molecule has 7 aromatic carbocycles. The molecule has 0 fully saturated rings. The van der Waals surface area contributed by atoms with E-state index in [1.807, 2.05) is 12.1 Å². The van der Waals surface area contributed by atoms with Crippen LogP contribution in [0.4, 0.5) is 34.1 Å². The average Bonchev–Trinajstić information content (AvgIpc) is 3.62. The Morgan fingerprint density at radius 3 is 1.66 bits per heavy atom. The van der Waals surface area contributed by atoms with Crippen molar-refractivity contribution < 1.29 is 4.42 Å². The molecule has 0 amide bonds. The van der Waals surface area contributed by atoms with Gasteiger partial charge in [0.2, 0.25) is 0 Å². The minimum absolute atomic E-state index is 0.0161. The van der Waals surface area contributed by atoms with E-state index in [2.05, 4.69) is 206 Å². The summed E-state index contributed by atoms with van der Waals surface area (Å²) in [5, 5.41) is 2.30. The normalized spacial score (nSPS) is 16.3. The summed E-state index contributed by atoms with van der Waals surface area (Å²) in [7, 11) is 0. The molecule has 0 spiro atoms. The Morgan fingerprint density at radius 1 is 0.468 bits per heavy atom. The topological polar surface area (TPSA) is 19.6 Å². The number of furan rings is 1. The molecular formula is C58H57BN2O. The lowest BCUT2D eigenvalue weighted by Gasteiger charge is -2.47. The van der Waals surface area contributed by atoms with Crippen molar-refractivity contribution in [2.45, 2.75) is 104 Å². The van der Waals surface area contributed by atoms with Crippen LogP contribution in [0.15, 0.2) is 144 Å². The number of hydrogen-bond acceptors (Lipinski definition) is 3. The number of benzene rings is 7. The summed E-state index contributed by atoms with van der Waals surface area (Å²) in [6, 6.07) is 53.1. The van der Waals surface area contributed by atoms with Gasteiger partial charge in [-0.25, -0.2) is 0 Å². The van der Waals surface area contributed by atoms with Crippen LogP contribution in [0, 0.1) is 0 Å². The van der Waals surface area contributed by atoms with Crippen LogP contribution < -0.4 is 26.2 Å². The van der Waals surface area contributed by atoms with Gasteiger partial charge < -0.3 is 14.2 Å². The van der Waals surface area contributed by atoms with E-state index in [0.29, 0.717) is 0 Å². The lowest BCUT2D eigenvalue weighted by molar-refractivity contribution is 0.332. The van der Waals surface area contributed by atoms with Gasteiger partial charge in [0.15, 0.2) is 0 Å². The van der Waals surface area contributed by atoms with Crippen molar-refractivity contribution in [2.24, 2.45) is 0 Å². The molecule has 3 nitrogen and oxygen atoms in total. The summed E-state index contributed by atoms with van der Waals surface area (Å²) in [4.78, 5) is 5.13. The molecule has 3 aliphatic rings. The van der Waals surface area contributed by atoms with Gasteiger partial charge in [0.25, 0.3) is 6.71 Å². The number of fused-ring (bicyclic) bond motifs is 8. The molecular weight excluding hydrogens is 751 g/mol. The van der Waals surface area contributed by atoms with E-state index >= 15 is 0 Å². The third-order valence-corrected chi connectivity index (χ3v) is 14.7. The summed E-state index contributed by atoms with van der Waals surface area (Å²) in [6.07, 6.45) is 2.36. The van der Waals surface area contributed by atoms with Crippen LogP contribution in [0.5, 0.6) is 0 Å². The first-order valence-corrected chi connectivity index (χ1v) is 22.7. The summed E-state index contributed by atoms with van der Waals surface area (Å²) in [5.41, 5.74) is 21.6. The fraction of sp³-hybridized carbons (Fsp3) is 0.276. The second-order valence-corrected chi connectivity index (χ2v) is 21.7. The quantitative estimate of drug-likeness (QED) is 0.166. The lowest BCUT2D eigenvalue weighted by Crippen LogP contribution is -2.61. The highest BCUT2D eigenvalue weighted by Gasteiger charge is 2.46. The van der Waals surface area contributed by atoms with Crippen molar-refractivity contribution in [1.29, 1.82) is 0 Å². The molecule has 1 aliphatic carbocycles. The van der Waals surface area contributed by atoms with Crippen LogP contribution in [0.2, 0.25) is 0 Å². The monoisotopic (exact) mass is 808 g/mol. The van der Waals surface area contributed by atoms with Gasteiger partial charge in [-0.15, -0.1) is 0 Å². The molecule has 62 heavy (non-hydrogen) atoms. The van der Waals surface area contributed by atoms with Gasteiger partial charge in [-0.05, 0) is 151 Å². The molecule has 3 heterocycles. The van der Waals surface area contributed by atoms with Crippen molar-refractivity contribution >= 4 is 79.2 Å². The maximum atomic E-state index is 6.19. The Kier molecular flexibility index (Phi) is 8.32. The van der Waals surface area contributed by atoms with E-state index in [1.54, 1.807) is 0 Å². The third-order valence-electron chi connectivity index (χ3n) is 14.7. The van der Waals surface area contributed by atoms with Crippen molar-refractivity contribution in [3.8, 4) is 11.1 Å². The molecule has 8 aromatic rings. The molecule has 0 atom stereocenters. The fourth-order valence-electron chi connectivity index (χ4n) is 10.8. The van der Waals surface area contributed by atoms with Gasteiger partial charge >= 0.3 is 0 Å². The van der Waals surface area contributed by atoms with Gasteiger partial charge in [-0.3, -0.25) is 0 Å². The minimum atomic E-state index is -0.0161. The smallest absolute Gasteiger partial charge is 0.252 e. The van der Waals surface area contributed by atoms with E-state index in [0.717, 1.165) is 27.6 Å². The molecule has 2 aliphatic heterocycles. The summed E-state index contributed by atoms with van der Waals surface area (Å²) in [6.45, 7) is 23.8. The van der Waals surface area contributed by atoms with Crippen LogP contribution in [-0.2, 0) is 21.7 Å². The van der Waals surface area contributed by atoms with Crippen LogP contribution in [0.3, 0.4) is 0 Å². The first-order valence-electron chi connectivity index (χ1n) is 22.7. The first kappa shape index (κ1) is 38.9. The molecule has 0 unspecified atom stereocenters. The second-order valence-electron chi connectivity index (χ2n) is 21.7. The van der Waals surface area contributed by atoms with E-state index < -0.39 is 0 Å². The van der Waals surface area contributed by atoms with Crippen LogP contribution >= 0.6 is 0 Å². The van der Waals surface area contributed by atoms with Gasteiger partial charge in [0.1, 0.15) is 11.2 Å². The highest BCUT2D eigenvalue weighted by Crippen LogP contribution is 2.50. The number of rotatable bonds is 3. The standard InChI is InChI=1S/C58H57BN2O/c1-55(2,3)38-21-26-41(27-22-38)61-49-16-13-15-48-54(49)59(47-34-44-45(35-51(47)61)58(9,10)31-30-57(44,7)8)46-28-23-39(56(4,5)6)33-50(46)60(48)40-24-18-36(19-25-40)37-20-29-53-43(32-37)42-14-11-12-17-52(42)62-53/h11-29,32-35H,30-31H2,1-10H3. The maximum Gasteiger partial charge on any atom is 0.252 e. The van der Waals surface area contributed by atoms with E-state index in [-0.39, 0.29) is 28.4 Å². The zero-order valence-corrected chi connectivity index (χ0v) is 38.1. The van der Waals surface area contributed by atoms with E-state index in [1.165, 1.54) is 91.0 Å². The zero-order chi connectivity index (χ0) is 43.1. The van der Waals surface area contributed by atoms with Crippen molar-refractivity contribution in [3.05, 3.63) is 162 Å². The molecule has 1 aromatic heterocycles. The largest absolute Gasteiger partial charge is 0.456 e. The molecule has 0 bridgehead atoms. The Morgan fingerprint density at radius 2 is 1.02 bits per heavy atom. The Balaban J connectivity index is 1.13. The number of anilines is 6. The van der Waals surface area contributed by atoms with Gasteiger partial charge in [-0.1, -0.05) is 142 Å². The SMILES string of the molecule is CC(C)(C)c1ccc(N2c3cc4c(cc3B3c5ccc(C(C)(C)C)cc5N(c5ccc(-c6ccc7oc8ccccc8c7c6)cc5)c5cccc2c53)C(C)(C)CCC4(C)C)cc1. The van der Waals surface area contributed by atoms with Gasteiger partial charge in [-0.2, -0.15) is 0 Å². The van der Waals surface area contributed by atoms with Crippen molar-refractivity contribution in [1.82, 2.24) is 0 Å². The Bertz CT molecular complexity index is 3100. The van der Waals surface area contributed by atoms with Crippen LogP contribution in [0.1, 0.15) is 104 Å². The summed E-state index contributed by atoms with van der Waals surface area (Å²) < 4.78 is 6.19. The van der Waals surface area contributed by atoms with Crippen LogP contribution in [0.25, 0.3) is 33.1 Å². The summed E-state index contributed by atoms with van der Waals surface area (Å²) >= 11 is 0. The highest BCUT2D eigenvalue weighted by atomic mass is 16.3. The van der Waals surface area contributed by atoms with Gasteiger partial charge in [0.05, 0.1) is 0 Å². The van der Waals surface area contributed by atoms with E-state index in [9.17, 15) is 0 Å². The summed E-state index contributed by atoms with van der Waals surface area (Å²) in [5.74, 6) is 0.